The zero-order chi connectivity index (χ0) is 22.8. The number of rotatable bonds is 8. The molecule has 2 N–H and O–H groups in total. The molecule has 0 saturated carbocycles. The highest BCUT2D eigenvalue weighted by atomic mass is 32.3. The minimum atomic E-state index is -5.06. The van der Waals surface area contributed by atoms with Crippen molar-refractivity contribution in [1.82, 2.24) is 0 Å². The normalized spacial score (nSPS) is 27.4. The Morgan fingerprint density at radius 3 is 2.13 bits per heavy atom. The first-order chi connectivity index (χ1) is 14.5. The molecule has 11 nitrogen and oxygen atoms in total. The van der Waals surface area contributed by atoms with Crippen molar-refractivity contribution in [3.8, 4) is 0 Å². The van der Waals surface area contributed by atoms with Crippen molar-refractivity contribution in [2.24, 2.45) is 0 Å². The minimum Gasteiger partial charge on any atom is -0.368 e. The van der Waals surface area contributed by atoms with E-state index in [1.165, 1.54) is 6.92 Å². The average molecular weight is 478 g/mol. The van der Waals surface area contributed by atoms with Gasteiger partial charge in [-0.05, 0) is 29.3 Å². The number of benzene rings is 2. The highest BCUT2D eigenvalue weighted by molar-refractivity contribution is 7.81. The molecule has 31 heavy (non-hydrogen) atoms. The molecule has 0 spiro atoms. The molecule has 2 aromatic rings. The van der Waals surface area contributed by atoms with Gasteiger partial charge in [0.2, 0.25) is 0 Å². The number of ether oxygens (including phenoxy) is 3. The highest BCUT2D eigenvalue weighted by Crippen LogP contribution is 2.31. The van der Waals surface area contributed by atoms with Gasteiger partial charge in [0.1, 0.15) is 12.2 Å². The number of hydrogen-bond acceptors (Lipinski definition) is 9. The van der Waals surface area contributed by atoms with Crippen LogP contribution in [0.1, 0.15) is 12.5 Å². The lowest BCUT2D eigenvalue weighted by Crippen LogP contribution is -2.60. The Hall–Kier alpha value is -1.68. The van der Waals surface area contributed by atoms with Crippen LogP contribution in [-0.4, -0.2) is 63.8 Å². The van der Waals surface area contributed by atoms with Gasteiger partial charge < -0.3 is 14.2 Å². The Labute approximate surface area is 179 Å². The van der Waals surface area contributed by atoms with Crippen molar-refractivity contribution in [1.29, 1.82) is 0 Å². The van der Waals surface area contributed by atoms with Crippen molar-refractivity contribution in [2.75, 3.05) is 7.11 Å². The molecule has 1 aliphatic heterocycles. The first kappa shape index (κ1) is 24.0. The summed E-state index contributed by atoms with van der Waals surface area (Å²) in [5.74, 6) is 0. The second-order valence-corrected chi connectivity index (χ2v) is 8.98. The molecule has 13 heteroatoms. The third-order valence-electron chi connectivity index (χ3n) is 4.68. The largest absolute Gasteiger partial charge is 0.397 e. The molecule has 0 aliphatic carbocycles. The molecule has 1 aliphatic rings. The zero-order valence-electron chi connectivity index (χ0n) is 16.5. The first-order valence-corrected chi connectivity index (χ1v) is 11.8. The summed E-state index contributed by atoms with van der Waals surface area (Å²) in [4.78, 5) is 0. The van der Waals surface area contributed by atoms with Crippen LogP contribution < -0.4 is 0 Å². The molecule has 1 fully saturated rings. The summed E-state index contributed by atoms with van der Waals surface area (Å²) in [7, 11) is -8.97. The van der Waals surface area contributed by atoms with Crippen molar-refractivity contribution in [3.05, 3.63) is 48.0 Å². The second-order valence-electron chi connectivity index (χ2n) is 6.88. The van der Waals surface area contributed by atoms with E-state index in [1.54, 1.807) is 6.07 Å². The molecule has 0 radical (unpaired) electrons. The fraction of sp³-hybridized carbons (Fsp3) is 0.444. The summed E-state index contributed by atoms with van der Waals surface area (Å²) in [6, 6.07) is 13.2. The van der Waals surface area contributed by atoms with E-state index < -0.39 is 51.5 Å². The molecule has 172 valence electrons. The van der Waals surface area contributed by atoms with Crippen LogP contribution >= 0.6 is 0 Å². The monoisotopic (exact) mass is 478 g/mol. The van der Waals surface area contributed by atoms with E-state index in [0.29, 0.717) is 0 Å². The Morgan fingerprint density at radius 1 is 0.903 bits per heavy atom. The lowest BCUT2D eigenvalue weighted by atomic mass is 9.99. The van der Waals surface area contributed by atoms with Crippen LogP contribution in [0.25, 0.3) is 10.8 Å². The predicted octanol–water partition coefficient (Wildman–Crippen LogP) is 1.49. The molecule has 2 aromatic carbocycles. The van der Waals surface area contributed by atoms with Crippen molar-refractivity contribution < 1.29 is 48.5 Å². The average Bonchev–Trinajstić information content (AvgIpc) is 2.67. The van der Waals surface area contributed by atoms with E-state index in [-0.39, 0.29) is 6.61 Å². The van der Waals surface area contributed by atoms with Crippen LogP contribution in [0.3, 0.4) is 0 Å². The summed E-state index contributed by atoms with van der Waals surface area (Å²) in [6.45, 7) is 1.49. The summed E-state index contributed by atoms with van der Waals surface area (Å²) in [5, 5.41) is 1.96. The number of fused-ring (bicyclic) bond motifs is 1. The molecule has 3 rings (SSSR count). The standard InChI is InChI=1S/C18H22O11S2/c1-11-15(26-10-12-7-8-13-5-3-4-6-14(13)9-12)16(28-30(19,20)21)17(18(25-2)27-11)29-31(22,23)24/h3-9,11,15-18H,10H2,1-2H3,(H,19,20,21)(H,22,23,24)/t11-,15-,16+,17+,18+/m0/s1. The fourth-order valence-corrected chi connectivity index (χ4v) is 4.39. The molecule has 0 aromatic heterocycles. The lowest BCUT2D eigenvalue weighted by Gasteiger charge is -2.42. The molecular weight excluding hydrogens is 456 g/mol. The van der Waals surface area contributed by atoms with Gasteiger partial charge in [-0.3, -0.25) is 9.11 Å². The van der Waals surface area contributed by atoms with Crippen molar-refractivity contribution in [3.63, 3.8) is 0 Å². The van der Waals surface area contributed by atoms with Gasteiger partial charge in [0.25, 0.3) is 0 Å². The number of hydrogen-bond donors (Lipinski definition) is 2. The maximum absolute atomic E-state index is 11.4. The van der Waals surface area contributed by atoms with Gasteiger partial charge in [0.05, 0.1) is 12.7 Å². The third kappa shape index (κ3) is 6.41. The Morgan fingerprint density at radius 2 is 1.52 bits per heavy atom. The minimum absolute atomic E-state index is 0.0230. The maximum Gasteiger partial charge on any atom is 0.397 e. The van der Waals surface area contributed by atoms with Gasteiger partial charge in [-0.1, -0.05) is 36.4 Å². The SMILES string of the molecule is CO[C@@H]1O[C@@H](C)[C@H](OCc2ccc3ccccc3c2)[C@@H](OS(=O)(=O)O)[C@H]1OS(=O)(=O)O. The Bertz CT molecular complexity index is 1120. The van der Waals surface area contributed by atoms with E-state index in [2.05, 4.69) is 8.37 Å². The quantitative estimate of drug-likeness (QED) is 0.530. The lowest BCUT2D eigenvalue weighted by molar-refractivity contribution is -0.284. The van der Waals surface area contributed by atoms with E-state index >= 15 is 0 Å². The summed E-state index contributed by atoms with van der Waals surface area (Å²) < 4.78 is 89.1. The van der Waals surface area contributed by atoms with Gasteiger partial charge >= 0.3 is 20.8 Å². The molecule has 0 bridgehead atoms. The molecule has 5 atom stereocenters. The van der Waals surface area contributed by atoms with Crippen LogP contribution in [0.4, 0.5) is 0 Å². The van der Waals surface area contributed by atoms with Gasteiger partial charge in [0, 0.05) is 7.11 Å². The Kier molecular flexibility index (Phi) is 7.30. The van der Waals surface area contributed by atoms with Crippen LogP contribution in [0, 0.1) is 0 Å². The van der Waals surface area contributed by atoms with Crippen LogP contribution in [0.2, 0.25) is 0 Å². The summed E-state index contributed by atoms with van der Waals surface area (Å²) >= 11 is 0. The van der Waals surface area contributed by atoms with Gasteiger partial charge in [-0.15, -0.1) is 0 Å². The van der Waals surface area contributed by atoms with E-state index in [4.69, 9.17) is 18.8 Å². The summed E-state index contributed by atoms with van der Waals surface area (Å²) in [6.07, 6.45) is -7.03. The van der Waals surface area contributed by atoms with Crippen LogP contribution in [0.15, 0.2) is 42.5 Å². The van der Waals surface area contributed by atoms with Crippen molar-refractivity contribution in [2.45, 2.75) is 44.2 Å². The number of methoxy groups -OCH3 is 1. The molecule has 1 heterocycles. The van der Waals surface area contributed by atoms with Gasteiger partial charge in [-0.2, -0.15) is 16.8 Å². The molecule has 0 amide bonds. The topological polar surface area (TPSA) is 155 Å². The fourth-order valence-electron chi connectivity index (χ4n) is 3.41. The third-order valence-corrected chi connectivity index (χ3v) is 5.61. The zero-order valence-corrected chi connectivity index (χ0v) is 18.2. The molecule has 1 saturated heterocycles. The van der Waals surface area contributed by atoms with Crippen molar-refractivity contribution >= 4 is 31.6 Å². The smallest absolute Gasteiger partial charge is 0.368 e. The molecule has 0 unspecified atom stereocenters. The second kappa shape index (κ2) is 9.44. The van der Waals surface area contributed by atoms with E-state index in [1.807, 2.05) is 36.4 Å². The Balaban J connectivity index is 1.88. The molecular formula is C18H22O11S2. The summed E-state index contributed by atoms with van der Waals surface area (Å²) in [5.41, 5.74) is 0.734. The van der Waals surface area contributed by atoms with E-state index in [9.17, 15) is 21.4 Å². The first-order valence-electron chi connectivity index (χ1n) is 9.06. The van der Waals surface area contributed by atoms with Gasteiger partial charge in [-0.25, -0.2) is 8.37 Å². The van der Waals surface area contributed by atoms with Crippen LogP contribution in [-0.2, 0) is 50.0 Å². The highest BCUT2D eigenvalue weighted by Gasteiger charge is 2.50. The van der Waals surface area contributed by atoms with Gasteiger partial charge in [0.15, 0.2) is 12.4 Å². The van der Waals surface area contributed by atoms with Crippen LogP contribution in [0.5, 0.6) is 0 Å². The van der Waals surface area contributed by atoms with E-state index in [0.717, 1.165) is 23.4 Å². The predicted molar refractivity (Wildman–Crippen MR) is 107 cm³/mol. The maximum atomic E-state index is 11.4.